The van der Waals surface area contributed by atoms with E-state index in [-0.39, 0.29) is 35.5 Å². The number of aromatic carboxylic acids is 3. The van der Waals surface area contributed by atoms with Crippen molar-refractivity contribution in [1.29, 1.82) is 0 Å². The second-order valence-electron chi connectivity index (χ2n) is 4.02. The third-order valence-electron chi connectivity index (χ3n) is 2.52. The van der Waals surface area contributed by atoms with E-state index in [1.165, 1.54) is 6.07 Å². The fourth-order valence-corrected chi connectivity index (χ4v) is 1.73. The molecular formula is C12H13NaO6. The van der Waals surface area contributed by atoms with Gasteiger partial charge in [-0.05, 0) is 17.5 Å². The van der Waals surface area contributed by atoms with Gasteiger partial charge in [-0.15, -0.1) is 0 Å². The van der Waals surface area contributed by atoms with Gasteiger partial charge >= 0.3 is 47.5 Å². The standard InChI is InChI=1S/C12H12O6.Na.H/c1-5(2)6-3-4-7(10(13)14)9(12(17)18)8(6)11(15)16;;/h3-5H,1-2H3,(H,13,14)(H,15,16)(H,17,18);;. The predicted octanol–water partition coefficient (Wildman–Crippen LogP) is 1.26. The number of carbonyl (C=O) groups is 3. The molecule has 1 rings (SSSR count). The van der Waals surface area contributed by atoms with Crippen molar-refractivity contribution in [2.45, 2.75) is 19.8 Å². The van der Waals surface area contributed by atoms with Crippen molar-refractivity contribution in [2.24, 2.45) is 0 Å². The van der Waals surface area contributed by atoms with Gasteiger partial charge in [0, 0.05) is 0 Å². The van der Waals surface area contributed by atoms with Gasteiger partial charge in [-0.3, -0.25) is 0 Å². The molecule has 0 fully saturated rings. The summed E-state index contributed by atoms with van der Waals surface area (Å²) in [5, 5.41) is 27.0. The first-order chi connectivity index (χ1) is 8.27. The molecular weight excluding hydrogens is 263 g/mol. The first-order valence-corrected chi connectivity index (χ1v) is 5.14. The summed E-state index contributed by atoms with van der Waals surface area (Å²) in [5.41, 5.74) is -1.37. The first-order valence-electron chi connectivity index (χ1n) is 5.14. The molecule has 6 nitrogen and oxygen atoms in total. The first kappa shape index (κ1) is 17.6. The summed E-state index contributed by atoms with van der Waals surface area (Å²) in [7, 11) is 0. The van der Waals surface area contributed by atoms with Crippen LogP contribution in [0.1, 0.15) is 56.4 Å². The summed E-state index contributed by atoms with van der Waals surface area (Å²) in [6.07, 6.45) is 0. The molecule has 0 amide bonds. The van der Waals surface area contributed by atoms with Crippen LogP contribution in [0.2, 0.25) is 0 Å². The van der Waals surface area contributed by atoms with Crippen molar-refractivity contribution < 1.29 is 29.7 Å². The molecule has 98 valence electrons. The van der Waals surface area contributed by atoms with E-state index >= 15 is 0 Å². The van der Waals surface area contributed by atoms with Crippen molar-refractivity contribution in [1.82, 2.24) is 0 Å². The van der Waals surface area contributed by atoms with E-state index < -0.39 is 34.6 Å². The molecule has 3 N–H and O–H groups in total. The number of hydrogen-bond acceptors (Lipinski definition) is 3. The van der Waals surface area contributed by atoms with Crippen LogP contribution in [0, 0.1) is 0 Å². The molecule has 1 aromatic carbocycles. The molecule has 0 unspecified atom stereocenters. The monoisotopic (exact) mass is 276 g/mol. The van der Waals surface area contributed by atoms with E-state index in [1.807, 2.05) is 0 Å². The third kappa shape index (κ3) is 3.56. The van der Waals surface area contributed by atoms with Gasteiger partial charge in [0.25, 0.3) is 0 Å². The molecule has 0 heterocycles. The van der Waals surface area contributed by atoms with Gasteiger partial charge in [-0.25, -0.2) is 14.4 Å². The summed E-state index contributed by atoms with van der Waals surface area (Å²) >= 11 is 0. The zero-order valence-corrected chi connectivity index (χ0v) is 9.80. The van der Waals surface area contributed by atoms with Gasteiger partial charge in [-0.1, -0.05) is 19.9 Å². The molecule has 0 aliphatic rings. The molecule has 0 aliphatic heterocycles. The van der Waals surface area contributed by atoms with Crippen molar-refractivity contribution in [2.75, 3.05) is 0 Å². The number of carboxylic acid groups (broad SMARTS) is 3. The van der Waals surface area contributed by atoms with Crippen LogP contribution in [0.25, 0.3) is 0 Å². The van der Waals surface area contributed by atoms with Crippen LogP contribution in [0.3, 0.4) is 0 Å². The van der Waals surface area contributed by atoms with Crippen LogP contribution in [0.15, 0.2) is 12.1 Å². The molecule has 0 spiro atoms. The van der Waals surface area contributed by atoms with Crippen LogP contribution < -0.4 is 0 Å². The average molecular weight is 276 g/mol. The molecule has 0 bridgehead atoms. The van der Waals surface area contributed by atoms with Gasteiger partial charge in [0.2, 0.25) is 0 Å². The summed E-state index contributed by atoms with van der Waals surface area (Å²) in [4.78, 5) is 33.2. The number of rotatable bonds is 4. The molecule has 19 heavy (non-hydrogen) atoms. The summed E-state index contributed by atoms with van der Waals surface area (Å²) in [5.74, 6) is -4.70. The zero-order chi connectivity index (χ0) is 14.0. The minimum atomic E-state index is -1.56. The van der Waals surface area contributed by atoms with Gasteiger partial charge in [0.15, 0.2) is 0 Å². The topological polar surface area (TPSA) is 112 Å². The van der Waals surface area contributed by atoms with Crippen LogP contribution in [0.4, 0.5) is 0 Å². The summed E-state index contributed by atoms with van der Waals surface area (Å²) in [6, 6.07) is 2.46. The Kier molecular flexibility index (Phi) is 6.21. The maximum atomic E-state index is 11.2. The number of carboxylic acids is 3. The second kappa shape index (κ2) is 6.70. The Balaban J connectivity index is 0.00000324. The maximum absolute atomic E-state index is 11.2. The molecule has 0 radical (unpaired) electrons. The molecule has 0 aromatic heterocycles. The van der Waals surface area contributed by atoms with Crippen LogP contribution in [-0.4, -0.2) is 62.8 Å². The van der Waals surface area contributed by atoms with Gasteiger partial charge in [0.1, 0.15) is 0 Å². The van der Waals surface area contributed by atoms with E-state index in [9.17, 15) is 14.4 Å². The normalized spacial score (nSPS) is 9.84. The van der Waals surface area contributed by atoms with Crippen molar-refractivity contribution in [3.05, 3.63) is 34.4 Å². The Bertz CT molecular complexity index is 535. The van der Waals surface area contributed by atoms with E-state index in [1.54, 1.807) is 13.8 Å². The Morgan fingerprint density at radius 3 is 1.68 bits per heavy atom. The fourth-order valence-electron chi connectivity index (χ4n) is 1.73. The van der Waals surface area contributed by atoms with E-state index in [0.717, 1.165) is 6.07 Å². The van der Waals surface area contributed by atoms with E-state index in [0.29, 0.717) is 5.56 Å². The fraction of sp³-hybridized carbons (Fsp3) is 0.250. The predicted molar refractivity (Wildman–Crippen MR) is 68.6 cm³/mol. The third-order valence-corrected chi connectivity index (χ3v) is 2.52. The summed E-state index contributed by atoms with van der Waals surface area (Å²) in [6.45, 7) is 3.40. The average Bonchev–Trinajstić information content (AvgIpc) is 2.26. The van der Waals surface area contributed by atoms with E-state index in [2.05, 4.69) is 0 Å². The molecule has 0 atom stereocenters. The Hall–Kier alpha value is -1.37. The van der Waals surface area contributed by atoms with Gasteiger partial charge < -0.3 is 15.3 Å². The molecule has 1 aromatic rings. The quantitative estimate of drug-likeness (QED) is 0.714. The molecule has 0 saturated carbocycles. The molecule has 0 aliphatic carbocycles. The number of hydrogen-bond donors (Lipinski definition) is 3. The van der Waals surface area contributed by atoms with Crippen molar-refractivity contribution >= 4 is 47.5 Å². The Morgan fingerprint density at radius 1 is 0.895 bits per heavy atom. The molecule has 0 saturated heterocycles. The zero-order valence-electron chi connectivity index (χ0n) is 9.80. The minimum absolute atomic E-state index is 0. The van der Waals surface area contributed by atoms with Crippen molar-refractivity contribution in [3.8, 4) is 0 Å². The van der Waals surface area contributed by atoms with Crippen LogP contribution in [0.5, 0.6) is 0 Å². The SMILES string of the molecule is CC(C)c1ccc(C(=O)O)c(C(=O)O)c1C(=O)O.[NaH]. The molecule has 7 heteroatoms. The Morgan fingerprint density at radius 2 is 1.37 bits per heavy atom. The Labute approximate surface area is 131 Å². The van der Waals surface area contributed by atoms with Gasteiger partial charge in [0.05, 0.1) is 16.7 Å². The van der Waals surface area contributed by atoms with Crippen molar-refractivity contribution in [3.63, 3.8) is 0 Å². The van der Waals surface area contributed by atoms with Crippen LogP contribution in [-0.2, 0) is 0 Å². The second-order valence-corrected chi connectivity index (χ2v) is 4.02. The number of benzene rings is 1. The summed E-state index contributed by atoms with van der Waals surface area (Å²) < 4.78 is 0. The van der Waals surface area contributed by atoms with Gasteiger partial charge in [-0.2, -0.15) is 0 Å². The van der Waals surface area contributed by atoms with E-state index in [4.69, 9.17) is 15.3 Å². The van der Waals surface area contributed by atoms with Crippen LogP contribution >= 0.6 is 0 Å².